The summed E-state index contributed by atoms with van der Waals surface area (Å²) in [6.45, 7) is 1.34. The highest BCUT2D eigenvalue weighted by atomic mass is 35.5. The highest BCUT2D eigenvalue weighted by Gasteiger charge is 2.43. The maximum Gasteiger partial charge on any atom is 0.290 e. The van der Waals surface area contributed by atoms with Crippen molar-refractivity contribution in [1.29, 1.82) is 0 Å². The average molecular weight is 406 g/mol. The van der Waals surface area contributed by atoms with E-state index in [1.54, 1.807) is 46.7 Å². The molecule has 3 rings (SSSR count). The number of amides is 1. The van der Waals surface area contributed by atoms with Gasteiger partial charge < -0.3 is 14.9 Å². The number of carbonyl (C=O) groups is 2. The van der Waals surface area contributed by atoms with Gasteiger partial charge in [0, 0.05) is 18.0 Å². The Bertz CT molecular complexity index is 860. The van der Waals surface area contributed by atoms with Crippen molar-refractivity contribution in [2.75, 3.05) is 27.2 Å². The van der Waals surface area contributed by atoms with Crippen molar-refractivity contribution < 1.29 is 19.6 Å². The number of carbonyl (C=O) groups excluding carboxylic acids is 2. The molecule has 1 unspecified atom stereocenters. The van der Waals surface area contributed by atoms with Crippen molar-refractivity contribution >= 4 is 34.6 Å². The molecule has 2 heterocycles. The van der Waals surface area contributed by atoms with E-state index < -0.39 is 17.7 Å². The number of Topliss-reactive ketones (excluding diaryl/α,β-unsaturated/α-hetero) is 1. The van der Waals surface area contributed by atoms with Crippen molar-refractivity contribution in [2.45, 2.75) is 12.5 Å². The van der Waals surface area contributed by atoms with Crippen LogP contribution in [0.4, 0.5) is 0 Å². The minimum atomic E-state index is -0.610. The molecule has 2 aromatic rings. The number of nitrogens with zero attached hydrogens (tertiary/aromatic N) is 1. The normalized spacial score (nSPS) is 17.3. The summed E-state index contributed by atoms with van der Waals surface area (Å²) in [6, 6.07) is 9.92. The van der Waals surface area contributed by atoms with E-state index in [1.165, 1.54) is 16.2 Å². The van der Waals surface area contributed by atoms with Gasteiger partial charge in [-0.05, 0) is 29.1 Å². The maximum absolute atomic E-state index is 13.0. The molecule has 0 aliphatic carbocycles. The number of rotatable bonds is 7. The number of quaternary nitrogens is 1. The van der Waals surface area contributed by atoms with E-state index in [0.29, 0.717) is 16.4 Å². The van der Waals surface area contributed by atoms with Crippen molar-refractivity contribution in [3.8, 4) is 0 Å². The number of thiophene rings is 1. The number of aliphatic hydroxyl groups excluding tert-OH is 1. The van der Waals surface area contributed by atoms with Gasteiger partial charge in [-0.25, -0.2) is 0 Å². The van der Waals surface area contributed by atoms with Crippen LogP contribution in [0.5, 0.6) is 0 Å². The Morgan fingerprint density at radius 2 is 1.96 bits per heavy atom. The summed E-state index contributed by atoms with van der Waals surface area (Å²) in [6.07, 6.45) is 0.770. The van der Waals surface area contributed by atoms with Gasteiger partial charge in [0.2, 0.25) is 5.78 Å². The molecule has 1 aliphatic rings. The third kappa shape index (κ3) is 4.08. The minimum Gasteiger partial charge on any atom is -0.503 e. The zero-order valence-electron chi connectivity index (χ0n) is 15.2. The van der Waals surface area contributed by atoms with Gasteiger partial charge in [-0.2, -0.15) is 0 Å². The molecule has 0 fully saturated rings. The van der Waals surface area contributed by atoms with Crippen LogP contribution in [0.25, 0.3) is 0 Å². The monoisotopic (exact) mass is 405 g/mol. The molecule has 0 bridgehead atoms. The molecule has 7 heteroatoms. The Balaban J connectivity index is 1.99. The predicted octanol–water partition coefficient (Wildman–Crippen LogP) is 2.51. The first kappa shape index (κ1) is 19.6. The lowest BCUT2D eigenvalue weighted by Gasteiger charge is -2.27. The highest BCUT2D eigenvalue weighted by Crippen LogP contribution is 2.39. The molecular formula is C20H22ClN2O3S+. The molecular weight excluding hydrogens is 384 g/mol. The van der Waals surface area contributed by atoms with Gasteiger partial charge in [0.25, 0.3) is 5.91 Å². The lowest BCUT2D eigenvalue weighted by atomic mass is 9.95. The lowest BCUT2D eigenvalue weighted by Crippen LogP contribution is -3.05. The Hall–Kier alpha value is -2.15. The zero-order valence-corrected chi connectivity index (χ0v) is 16.8. The average Bonchev–Trinajstić information content (AvgIpc) is 3.25. The fraction of sp³-hybridized carbons (Fsp3) is 0.300. The second kappa shape index (κ2) is 8.25. The summed E-state index contributed by atoms with van der Waals surface area (Å²) >= 11 is 7.30. The van der Waals surface area contributed by atoms with Gasteiger partial charge in [-0.3, -0.25) is 9.59 Å². The molecule has 0 spiro atoms. The van der Waals surface area contributed by atoms with Crippen molar-refractivity contribution in [3.05, 3.63) is 68.6 Å². The Morgan fingerprint density at radius 3 is 2.56 bits per heavy atom. The molecule has 0 radical (unpaired) electrons. The summed E-state index contributed by atoms with van der Waals surface area (Å²) in [5.41, 5.74) is 0.899. The topological polar surface area (TPSA) is 62.1 Å². The smallest absolute Gasteiger partial charge is 0.290 e. The van der Waals surface area contributed by atoms with Crippen molar-refractivity contribution in [3.63, 3.8) is 0 Å². The van der Waals surface area contributed by atoms with Crippen LogP contribution >= 0.6 is 22.9 Å². The maximum atomic E-state index is 13.0. The first-order chi connectivity index (χ1) is 12.9. The van der Waals surface area contributed by atoms with Gasteiger partial charge in [0.05, 0.1) is 37.1 Å². The Morgan fingerprint density at radius 1 is 1.26 bits per heavy atom. The van der Waals surface area contributed by atoms with Crippen LogP contribution in [0.15, 0.2) is 53.1 Å². The summed E-state index contributed by atoms with van der Waals surface area (Å²) in [5, 5.41) is 12.9. The molecule has 2 N–H and O–H groups in total. The molecule has 1 atom stereocenters. The van der Waals surface area contributed by atoms with E-state index in [-0.39, 0.29) is 11.4 Å². The Labute approximate surface area is 167 Å². The third-order valence-corrected chi connectivity index (χ3v) is 5.68. The molecule has 5 nitrogen and oxygen atoms in total. The van der Waals surface area contributed by atoms with Gasteiger partial charge in [-0.1, -0.05) is 29.8 Å². The third-order valence-electron chi connectivity index (χ3n) is 4.55. The van der Waals surface area contributed by atoms with Crippen LogP contribution in [-0.2, 0) is 4.79 Å². The minimum absolute atomic E-state index is 0.141. The number of ketones is 1. The van der Waals surface area contributed by atoms with Crippen LogP contribution in [0, 0.1) is 0 Å². The van der Waals surface area contributed by atoms with E-state index in [2.05, 4.69) is 0 Å². The zero-order chi connectivity index (χ0) is 19.6. The number of nitrogens with one attached hydrogen (secondary N) is 1. The van der Waals surface area contributed by atoms with E-state index in [0.717, 1.165) is 18.5 Å². The number of hydrogen-bond donors (Lipinski definition) is 2. The quantitative estimate of drug-likeness (QED) is 0.696. The van der Waals surface area contributed by atoms with E-state index in [4.69, 9.17) is 11.6 Å². The number of aliphatic hydroxyl groups is 1. The SMILES string of the molecule is C[NH+](C)CCCN1C(=O)C(O)=C(C(=O)c2cccs2)C1c1ccc(Cl)cc1. The summed E-state index contributed by atoms with van der Waals surface area (Å²) in [4.78, 5) is 29.1. The van der Waals surface area contributed by atoms with E-state index >= 15 is 0 Å². The van der Waals surface area contributed by atoms with Crippen LogP contribution in [0.3, 0.4) is 0 Å². The molecule has 27 heavy (non-hydrogen) atoms. The lowest BCUT2D eigenvalue weighted by molar-refractivity contribution is -0.858. The first-order valence-corrected chi connectivity index (χ1v) is 10.0. The van der Waals surface area contributed by atoms with Crippen molar-refractivity contribution in [2.24, 2.45) is 0 Å². The van der Waals surface area contributed by atoms with Gasteiger partial charge >= 0.3 is 0 Å². The first-order valence-electron chi connectivity index (χ1n) is 8.77. The van der Waals surface area contributed by atoms with Crippen LogP contribution in [0.1, 0.15) is 27.7 Å². The van der Waals surface area contributed by atoms with Crippen LogP contribution < -0.4 is 4.90 Å². The molecule has 1 aromatic carbocycles. The van der Waals surface area contributed by atoms with E-state index in [9.17, 15) is 14.7 Å². The summed E-state index contributed by atoms with van der Waals surface area (Å²) in [5.74, 6) is -1.26. The molecule has 142 valence electrons. The number of hydrogen-bond acceptors (Lipinski definition) is 4. The molecule has 0 saturated heterocycles. The molecule has 1 aliphatic heterocycles. The number of benzene rings is 1. The van der Waals surface area contributed by atoms with Crippen molar-refractivity contribution in [1.82, 2.24) is 4.90 Å². The molecule has 0 saturated carbocycles. The fourth-order valence-corrected chi connectivity index (χ4v) is 4.06. The van der Waals surface area contributed by atoms with Gasteiger partial charge in [0.15, 0.2) is 5.76 Å². The second-order valence-electron chi connectivity index (χ2n) is 6.83. The predicted molar refractivity (Wildman–Crippen MR) is 107 cm³/mol. The number of halogens is 1. The van der Waals surface area contributed by atoms with Gasteiger partial charge in [0.1, 0.15) is 0 Å². The standard InChI is InChI=1S/C20H21ClN2O3S/c1-22(2)10-4-11-23-17(13-6-8-14(21)9-7-13)16(19(25)20(23)26)18(24)15-5-3-12-27-15/h3,5-9,12,17,25H,4,10-11H2,1-2H3/p+1. The van der Waals surface area contributed by atoms with Crippen LogP contribution in [-0.4, -0.2) is 48.9 Å². The largest absolute Gasteiger partial charge is 0.503 e. The van der Waals surface area contributed by atoms with Gasteiger partial charge in [-0.15, -0.1) is 11.3 Å². The second-order valence-corrected chi connectivity index (χ2v) is 8.22. The van der Waals surface area contributed by atoms with E-state index in [1.807, 2.05) is 14.1 Å². The molecule has 1 amide bonds. The summed E-state index contributed by atoms with van der Waals surface area (Å²) < 4.78 is 0. The van der Waals surface area contributed by atoms with Crippen LogP contribution in [0.2, 0.25) is 5.02 Å². The highest BCUT2D eigenvalue weighted by molar-refractivity contribution is 7.12. The Kier molecular flexibility index (Phi) is 5.99. The summed E-state index contributed by atoms with van der Waals surface area (Å²) in [7, 11) is 4.09. The fourth-order valence-electron chi connectivity index (χ4n) is 3.25. The molecule has 1 aromatic heterocycles.